The highest BCUT2D eigenvalue weighted by Gasteiger charge is 2.15. The summed E-state index contributed by atoms with van der Waals surface area (Å²) in [5.74, 6) is -0.368. The Morgan fingerprint density at radius 3 is 3.04 bits per heavy atom. The lowest BCUT2D eigenvalue weighted by Gasteiger charge is -2.08. The Morgan fingerprint density at radius 2 is 2.23 bits per heavy atom. The predicted octanol–water partition coefficient (Wildman–Crippen LogP) is 3.37. The molecule has 0 saturated heterocycles. The third kappa shape index (κ3) is 3.01. The quantitative estimate of drug-likeness (QED) is 0.584. The first-order valence-electron chi connectivity index (χ1n) is 10.3. The first-order chi connectivity index (χ1) is 14.6. The van der Waals surface area contributed by atoms with Crippen molar-refractivity contribution >= 4 is 21.8 Å². The van der Waals surface area contributed by atoms with Crippen molar-refractivity contribution in [3.63, 3.8) is 0 Å². The third-order valence-corrected chi connectivity index (χ3v) is 5.23. The maximum absolute atomic E-state index is 13.0. The van der Waals surface area contributed by atoms with Gasteiger partial charge in [0.15, 0.2) is 5.16 Å². The zero-order valence-corrected chi connectivity index (χ0v) is 14.6. The van der Waals surface area contributed by atoms with Crippen LogP contribution in [-0.4, -0.2) is 30.8 Å². The number of methoxy groups -OCH3 is 1. The molecule has 6 nitrogen and oxygen atoms in total. The number of pyridine rings is 1. The van der Waals surface area contributed by atoms with E-state index in [1.807, 2.05) is 47.3 Å². The van der Waals surface area contributed by atoms with Gasteiger partial charge in [-0.3, -0.25) is 9.19 Å². The van der Waals surface area contributed by atoms with Crippen molar-refractivity contribution in [2.24, 2.45) is 0 Å². The molecule has 4 rings (SSSR count). The Bertz CT molecular complexity index is 1280. The molecule has 1 atom stereocenters. The average Bonchev–Trinajstić information content (AvgIpc) is 3.37. The van der Waals surface area contributed by atoms with E-state index in [1.165, 1.54) is 6.92 Å². The van der Waals surface area contributed by atoms with Crippen molar-refractivity contribution in [1.82, 2.24) is 19.5 Å². The molecule has 0 amide bonds. The van der Waals surface area contributed by atoms with Crippen LogP contribution in [0, 0.1) is 6.92 Å². The van der Waals surface area contributed by atoms with Gasteiger partial charge in [-0.05, 0) is 43.3 Å². The number of benzene rings is 1. The molecular formula is C19H18N4O2S. The highest BCUT2D eigenvalue weighted by Crippen LogP contribution is 2.22. The number of hydrogen-bond acceptors (Lipinski definition) is 4. The van der Waals surface area contributed by atoms with Crippen molar-refractivity contribution in [1.29, 1.82) is 0 Å². The van der Waals surface area contributed by atoms with Crippen molar-refractivity contribution < 1.29 is 15.8 Å². The summed E-state index contributed by atoms with van der Waals surface area (Å²) in [6.45, 7) is 1.53. The lowest BCUT2D eigenvalue weighted by molar-refractivity contribution is 0.410. The average molecular weight is 371 g/mol. The summed E-state index contributed by atoms with van der Waals surface area (Å²) in [4.78, 5) is 11.5. The standard InChI is InChI=1S/C19H18N4O2S/c1-13-17(20-8-7-18(13)25-2)12-26(24)19-21-15-6-5-14(11-16(15)22-19)23-9-3-4-10-23/h3-11H,12H2,1-2H3,(H,21,22)/i2D3,7D,8D. The second-order valence-corrected chi connectivity index (χ2v) is 7.04. The maximum Gasteiger partial charge on any atom is 0.197 e. The zero-order valence-electron chi connectivity index (χ0n) is 18.8. The van der Waals surface area contributed by atoms with Crippen molar-refractivity contribution in [3.8, 4) is 11.4 Å². The minimum absolute atomic E-state index is 0.111. The van der Waals surface area contributed by atoms with Crippen LogP contribution in [0.4, 0.5) is 0 Å². The fourth-order valence-corrected chi connectivity index (χ4v) is 3.73. The van der Waals surface area contributed by atoms with Crippen molar-refractivity contribution in [2.45, 2.75) is 17.8 Å². The number of imidazole rings is 1. The summed E-state index contributed by atoms with van der Waals surface area (Å²) in [6, 6.07) is 9.03. The zero-order chi connectivity index (χ0) is 22.3. The van der Waals surface area contributed by atoms with Crippen LogP contribution in [0.3, 0.4) is 0 Å². The van der Waals surface area contributed by atoms with Gasteiger partial charge >= 0.3 is 0 Å². The Kier molecular flexibility index (Phi) is 3.03. The van der Waals surface area contributed by atoms with Gasteiger partial charge in [0, 0.05) is 29.8 Å². The van der Waals surface area contributed by atoms with Gasteiger partial charge in [0.1, 0.15) is 5.75 Å². The molecule has 0 aliphatic carbocycles. The topological polar surface area (TPSA) is 72.8 Å². The summed E-state index contributed by atoms with van der Waals surface area (Å²) in [5.41, 5.74) is 2.77. The summed E-state index contributed by atoms with van der Waals surface area (Å²) in [7, 11) is -4.42. The van der Waals surface area contributed by atoms with E-state index in [1.54, 1.807) is 0 Å². The molecule has 0 aliphatic heterocycles. The first-order valence-corrected chi connectivity index (χ1v) is 9.11. The first kappa shape index (κ1) is 11.6. The smallest absolute Gasteiger partial charge is 0.197 e. The van der Waals surface area contributed by atoms with Crippen molar-refractivity contribution in [2.75, 3.05) is 7.04 Å². The van der Waals surface area contributed by atoms with Crippen LogP contribution in [-0.2, 0) is 16.6 Å². The number of rotatable bonds is 5. The second kappa shape index (κ2) is 6.76. The van der Waals surface area contributed by atoms with Gasteiger partial charge in [0.25, 0.3) is 0 Å². The highest BCUT2D eigenvalue weighted by molar-refractivity contribution is 7.84. The van der Waals surface area contributed by atoms with Gasteiger partial charge in [-0.25, -0.2) is 4.98 Å². The number of fused-ring (bicyclic) bond motifs is 1. The molecule has 0 aliphatic rings. The molecular weight excluding hydrogens is 348 g/mol. The number of aromatic nitrogens is 4. The van der Waals surface area contributed by atoms with Gasteiger partial charge in [-0.15, -0.1) is 0 Å². The van der Waals surface area contributed by atoms with E-state index in [4.69, 9.17) is 11.6 Å². The number of aromatic amines is 1. The highest BCUT2D eigenvalue weighted by atomic mass is 32.2. The van der Waals surface area contributed by atoms with E-state index in [0.29, 0.717) is 11.0 Å². The van der Waals surface area contributed by atoms with Gasteiger partial charge < -0.3 is 14.3 Å². The van der Waals surface area contributed by atoms with Gasteiger partial charge in [0.05, 0.1) is 47.2 Å². The summed E-state index contributed by atoms with van der Waals surface area (Å²) in [6.07, 6.45) is 3.38. The molecule has 0 radical (unpaired) electrons. The fourth-order valence-electron chi connectivity index (χ4n) is 2.64. The summed E-state index contributed by atoms with van der Waals surface area (Å²) >= 11 is 0. The molecule has 7 heteroatoms. The number of nitrogens with zero attached hydrogens (tertiary/aromatic N) is 3. The SMILES string of the molecule is [2H]c1nc(CS(=O)c2nc3ccc(-n4cccc4)cc3[nH]2)c(C)c(OC([2H])([2H])[2H])c1[2H]. The lowest BCUT2D eigenvalue weighted by atomic mass is 10.2. The predicted molar refractivity (Wildman–Crippen MR) is 101 cm³/mol. The van der Waals surface area contributed by atoms with Crippen LogP contribution < -0.4 is 4.74 Å². The third-order valence-electron chi connectivity index (χ3n) is 4.07. The molecule has 3 aromatic heterocycles. The normalized spacial score (nSPS) is 15.7. The molecule has 1 N–H and O–H groups in total. The molecule has 3 heterocycles. The largest absolute Gasteiger partial charge is 0.496 e. The lowest BCUT2D eigenvalue weighted by Crippen LogP contribution is -2.03. The van der Waals surface area contributed by atoms with Crippen molar-refractivity contribution in [3.05, 3.63) is 66.2 Å². The summed E-state index contributed by atoms with van der Waals surface area (Å²) in [5, 5.41) is 0.237. The minimum atomic E-state index is -2.78. The van der Waals surface area contributed by atoms with E-state index >= 15 is 0 Å². The van der Waals surface area contributed by atoms with E-state index in [-0.39, 0.29) is 27.9 Å². The molecule has 26 heavy (non-hydrogen) atoms. The minimum Gasteiger partial charge on any atom is -0.496 e. The van der Waals surface area contributed by atoms with Crippen LogP contribution in [0.1, 0.15) is 18.1 Å². The molecule has 0 saturated carbocycles. The number of H-pyrrole nitrogens is 1. The summed E-state index contributed by atoms with van der Waals surface area (Å²) < 4.78 is 57.4. The number of hydrogen-bond donors (Lipinski definition) is 1. The van der Waals surface area contributed by atoms with Crippen LogP contribution in [0.25, 0.3) is 16.7 Å². The van der Waals surface area contributed by atoms with Crippen LogP contribution in [0.15, 0.2) is 60.1 Å². The molecule has 0 bridgehead atoms. The van der Waals surface area contributed by atoms with Gasteiger partial charge in [-0.1, -0.05) is 0 Å². The molecule has 0 fully saturated rings. The molecule has 132 valence electrons. The fraction of sp³-hybridized carbons (Fsp3) is 0.158. The Balaban J connectivity index is 1.64. The molecule has 0 spiro atoms. The van der Waals surface area contributed by atoms with Crippen LogP contribution in [0.5, 0.6) is 5.75 Å². The maximum atomic E-state index is 13.0. The van der Waals surface area contributed by atoms with E-state index in [2.05, 4.69) is 15.0 Å². The monoisotopic (exact) mass is 371 g/mol. The molecule has 1 unspecified atom stereocenters. The van der Waals surface area contributed by atoms with E-state index in [9.17, 15) is 4.21 Å². The number of nitrogens with one attached hydrogen (secondary N) is 1. The van der Waals surface area contributed by atoms with Gasteiger partial charge in [-0.2, -0.15) is 0 Å². The Labute approximate surface area is 160 Å². The second-order valence-electron chi connectivity index (χ2n) is 5.68. The van der Waals surface area contributed by atoms with E-state index < -0.39 is 30.1 Å². The van der Waals surface area contributed by atoms with Gasteiger partial charge in [0.2, 0.25) is 0 Å². The number of ether oxygens (including phenoxy) is 1. The molecule has 1 aromatic carbocycles. The Hall–Kier alpha value is -2.93. The van der Waals surface area contributed by atoms with Crippen LogP contribution >= 0.6 is 0 Å². The molecule has 4 aromatic rings. The van der Waals surface area contributed by atoms with Crippen LogP contribution in [0.2, 0.25) is 0 Å². The van der Waals surface area contributed by atoms with E-state index in [0.717, 1.165) is 5.69 Å². The Morgan fingerprint density at radius 1 is 1.38 bits per heavy atom.